The molecule has 110 valence electrons. The van der Waals surface area contributed by atoms with Crippen molar-refractivity contribution in [3.8, 4) is 5.88 Å². The van der Waals surface area contributed by atoms with Gasteiger partial charge in [0, 0.05) is 19.2 Å². The quantitative estimate of drug-likeness (QED) is 0.906. The van der Waals surface area contributed by atoms with Gasteiger partial charge in [-0.2, -0.15) is 0 Å². The highest BCUT2D eigenvalue weighted by Gasteiger charge is 2.20. The Morgan fingerprint density at radius 1 is 1.65 bits per heavy atom. The highest BCUT2D eigenvalue weighted by Crippen LogP contribution is 2.25. The molecule has 1 aromatic rings. The molecule has 6 heteroatoms. The molecule has 0 saturated carbocycles. The number of ether oxygens (including phenoxy) is 2. The van der Waals surface area contributed by atoms with Crippen LogP contribution in [0.2, 0.25) is 5.02 Å². The fraction of sp³-hybridized carbons (Fsp3) is 0.571. The van der Waals surface area contributed by atoms with E-state index in [4.69, 9.17) is 21.1 Å². The van der Waals surface area contributed by atoms with Crippen molar-refractivity contribution in [3.05, 3.63) is 22.8 Å². The Labute approximate surface area is 123 Å². The minimum Gasteiger partial charge on any atom is -0.471 e. The van der Waals surface area contributed by atoms with Crippen LogP contribution < -0.4 is 10.1 Å². The molecule has 20 heavy (non-hydrogen) atoms. The number of hydrogen-bond acceptors (Lipinski definition) is 4. The zero-order valence-electron chi connectivity index (χ0n) is 11.7. The third-order valence-corrected chi connectivity index (χ3v) is 3.18. The second-order valence-corrected chi connectivity index (χ2v) is 5.63. The third-order valence-electron chi connectivity index (χ3n) is 2.91. The van der Waals surface area contributed by atoms with Crippen molar-refractivity contribution < 1.29 is 14.3 Å². The zero-order valence-corrected chi connectivity index (χ0v) is 12.4. The van der Waals surface area contributed by atoms with Gasteiger partial charge < -0.3 is 14.8 Å². The first-order valence-corrected chi connectivity index (χ1v) is 7.12. The summed E-state index contributed by atoms with van der Waals surface area (Å²) < 4.78 is 10.9. The van der Waals surface area contributed by atoms with E-state index in [-0.39, 0.29) is 12.0 Å². The van der Waals surface area contributed by atoms with Crippen LogP contribution >= 0.6 is 11.6 Å². The van der Waals surface area contributed by atoms with E-state index in [9.17, 15) is 4.79 Å². The number of pyridine rings is 1. The molecule has 1 atom stereocenters. The summed E-state index contributed by atoms with van der Waals surface area (Å²) in [6, 6.07) is 1.58. The number of nitrogens with zero attached hydrogens (tertiary/aromatic N) is 1. The summed E-state index contributed by atoms with van der Waals surface area (Å²) in [5, 5.41) is 3.16. The molecular formula is C14H19ClN2O3. The molecule has 0 radical (unpaired) electrons. The predicted molar refractivity (Wildman–Crippen MR) is 76.3 cm³/mol. The average Bonchev–Trinajstić information content (AvgIpc) is 2.91. The van der Waals surface area contributed by atoms with Gasteiger partial charge >= 0.3 is 0 Å². The lowest BCUT2D eigenvalue weighted by Gasteiger charge is -2.13. The number of halogens is 1. The predicted octanol–water partition coefficient (Wildman–Crippen LogP) is 2.29. The molecule has 1 unspecified atom stereocenters. The van der Waals surface area contributed by atoms with Crippen LogP contribution in [0.15, 0.2) is 12.3 Å². The largest absolute Gasteiger partial charge is 0.471 e. The Bertz CT molecular complexity index is 473. The lowest BCUT2D eigenvalue weighted by atomic mass is 10.2. The van der Waals surface area contributed by atoms with Crippen molar-refractivity contribution in [2.75, 3.05) is 19.8 Å². The Morgan fingerprint density at radius 2 is 2.45 bits per heavy atom. The molecule has 0 aromatic carbocycles. The molecule has 1 aromatic heterocycles. The Balaban J connectivity index is 1.99. The van der Waals surface area contributed by atoms with Gasteiger partial charge in [0.1, 0.15) is 11.1 Å². The van der Waals surface area contributed by atoms with Gasteiger partial charge in [-0.25, -0.2) is 4.98 Å². The van der Waals surface area contributed by atoms with Crippen molar-refractivity contribution in [2.45, 2.75) is 26.4 Å². The minimum absolute atomic E-state index is 0.0133. The van der Waals surface area contributed by atoms with Gasteiger partial charge in [-0.1, -0.05) is 25.4 Å². The molecule has 1 N–H and O–H groups in total. The Morgan fingerprint density at radius 3 is 3.05 bits per heavy atom. The van der Waals surface area contributed by atoms with E-state index in [1.54, 1.807) is 6.07 Å². The fourth-order valence-electron chi connectivity index (χ4n) is 1.80. The summed E-state index contributed by atoms with van der Waals surface area (Å²) in [6.07, 6.45) is 2.29. The van der Waals surface area contributed by atoms with Crippen LogP contribution in [0, 0.1) is 5.92 Å². The zero-order chi connectivity index (χ0) is 14.5. The SMILES string of the molecule is CC(C)CNC(=O)c1cnc(OC2CCOC2)c(Cl)c1. The lowest BCUT2D eigenvalue weighted by Crippen LogP contribution is -2.27. The second-order valence-electron chi connectivity index (χ2n) is 5.22. The number of nitrogens with one attached hydrogen (secondary N) is 1. The van der Waals surface area contributed by atoms with Crippen molar-refractivity contribution in [2.24, 2.45) is 5.92 Å². The summed E-state index contributed by atoms with van der Waals surface area (Å²) in [6.45, 7) is 5.93. The highest BCUT2D eigenvalue weighted by atomic mass is 35.5. The molecule has 0 bridgehead atoms. The fourth-order valence-corrected chi connectivity index (χ4v) is 2.01. The molecule has 1 aliphatic rings. The van der Waals surface area contributed by atoms with E-state index in [1.807, 2.05) is 13.8 Å². The molecule has 2 rings (SSSR count). The summed E-state index contributed by atoms with van der Waals surface area (Å²) >= 11 is 6.11. The first-order valence-electron chi connectivity index (χ1n) is 6.74. The number of rotatable bonds is 5. The molecule has 1 aliphatic heterocycles. The summed E-state index contributed by atoms with van der Waals surface area (Å²) in [4.78, 5) is 16.0. The first kappa shape index (κ1) is 15.1. The van der Waals surface area contributed by atoms with Crippen LogP contribution in [0.5, 0.6) is 5.88 Å². The van der Waals surface area contributed by atoms with E-state index >= 15 is 0 Å². The van der Waals surface area contributed by atoms with Gasteiger partial charge in [0.25, 0.3) is 5.91 Å². The number of carbonyl (C=O) groups excluding carboxylic acids is 1. The van der Waals surface area contributed by atoms with Gasteiger partial charge in [0.15, 0.2) is 0 Å². The van der Waals surface area contributed by atoms with E-state index in [0.717, 1.165) is 6.42 Å². The van der Waals surface area contributed by atoms with Crippen LogP contribution in [0.25, 0.3) is 0 Å². The van der Waals surface area contributed by atoms with Gasteiger partial charge in [-0.05, 0) is 12.0 Å². The van der Waals surface area contributed by atoms with Crippen LogP contribution in [0.1, 0.15) is 30.6 Å². The van der Waals surface area contributed by atoms with Gasteiger partial charge in [0.2, 0.25) is 5.88 Å². The van der Waals surface area contributed by atoms with Crippen molar-refractivity contribution >= 4 is 17.5 Å². The van der Waals surface area contributed by atoms with Crippen LogP contribution in [-0.2, 0) is 4.74 Å². The molecule has 1 fully saturated rings. The topological polar surface area (TPSA) is 60.5 Å². The van der Waals surface area contributed by atoms with Crippen LogP contribution in [-0.4, -0.2) is 36.8 Å². The molecule has 1 saturated heterocycles. The number of carbonyl (C=O) groups is 1. The standard InChI is InChI=1S/C14H19ClN2O3/c1-9(2)6-16-13(18)10-5-12(15)14(17-7-10)20-11-3-4-19-8-11/h5,7,9,11H,3-4,6,8H2,1-2H3,(H,16,18). The van der Waals surface area contributed by atoms with Crippen molar-refractivity contribution in [1.82, 2.24) is 10.3 Å². The molecule has 5 nitrogen and oxygen atoms in total. The lowest BCUT2D eigenvalue weighted by molar-refractivity contribution is 0.0948. The molecule has 2 heterocycles. The molecule has 1 amide bonds. The average molecular weight is 299 g/mol. The minimum atomic E-state index is -0.177. The van der Waals surface area contributed by atoms with Crippen LogP contribution in [0.4, 0.5) is 0 Å². The van der Waals surface area contributed by atoms with Crippen LogP contribution in [0.3, 0.4) is 0 Å². The maximum atomic E-state index is 11.9. The molecule has 0 spiro atoms. The smallest absolute Gasteiger partial charge is 0.252 e. The number of aromatic nitrogens is 1. The maximum absolute atomic E-state index is 11.9. The van der Waals surface area contributed by atoms with Gasteiger partial charge in [-0.3, -0.25) is 4.79 Å². The number of hydrogen-bond donors (Lipinski definition) is 1. The summed E-state index contributed by atoms with van der Waals surface area (Å²) in [7, 11) is 0. The molecule has 0 aliphatic carbocycles. The van der Waals surface area contributed by atoms with E-state index in [1.165, 1.54) is 6.20 Å². The Kier molecular flexibility index (Phi) is 5.20. The highest BCUT2D eigenvalue weighted by molar-refractivity contribution is 6.32. The summed E-state index contributed by atoms with van der Waals surface area (Å²) in [5.74, 6) is 0.568. The first-order chi connectivity index (χ1) is 9.56. The van der Waals surface area contributed by atoms with Gasteiger partial charge in [0.05, 0.1) is 18.8 Å². The normalized spacial score (nSPS) is 18.3. The Hall–Kier alpha value is -1.33. The van der Waals surface area contributed by atoms with E-state index < -0.39 is 0 Å². The van der Waals surface area contributed by atoms with Crippen molar-refractivity contribution in [3.63, 3.8) is 0 Å². The van der Waals surface area contributed by atoms with Crippen molar-refractivity contribution in [1.29, 1.82) is 0 Å². The number of amides is 1. The van der Waals surface area contributed by atoms with E-state index in [2.05, 4.69) is 10.3 Å². The third kappa shape index (κ3) is 4.08. The summed E-state index contributed by atoms with van der Waals surface area (Å²) in [5.41, 5.74) is 0.436. The maximum Gasteiger partial charge on any atom is 0.252 e. The van der Waals surface area contributed by atoms with Gasteiger partial charge in [-0.15, -0.1) is 0 Å². The molecular weight excluding hydrogens is 280 g/mol. The monoisotopic (exact) mass is 298 g/mol. The second kappa shape index (κ2) is 6.90. The van der Waals surface area contributed by atoms with E-state index in [0.29, 0.717) is 42.1 Å².